The van der Waals surface area contributed by atoms with Gasteiger partial charge in [0, 0.05) is 46.4 Å². The number of anilines is 1. The highest BCUT2D eigenvalue weighted by atomic mass is 32.1. The molecule has 7 aromatic rings. The smallest absolute Gasteiger partial charge is 0.178 e. The Morgan fingerprint density at radius 3 is 1.92 bits per heavy atom. The number of benzene rings is 7. The zero-order chi connectivity index (χ0) is 33.7. The molecule has 1 fully saturated rings. The Kier molecular flexibility index (Phi) is 7.60. The molecule has 9 rings (SSSR count). The monoisotopic (exact) mass is 669 g/mol. The lowest BCUT2D eigenvalue weighted by Gasteiger charge is -2.38. The van der Waals surface area contributed by atoms with Crippen LogP contribution in [0.15, 0.2) is 140 Å². The van der Waals surface area contributed by atoms with Gasteiger partial charge in [0.15, 0.2) is 5.60 Å². The first-order valence-electron chi connectivity index (χ1n) is 17.1. The first-order valence-corrected chi connectivity index (χ1v) is 17.5. The molecule has 0 aromatic heterocycles. The van der Waals surface area contributed by atoms with Crippen molar-refractivity contribution in [3.63, 3.8) is 0 Å². The molecule has 50 heavy (non-hydrogen) atoms. The Morgan fingerprint density at radius 2 is 1.26 bits per heavy atom. The van der Waals surface area contributed by atoms with E-state index in [4.69, 9.17) is 26.4 Å². The zero-order valence-electron chi connectivity index (χ0n) is 27.8. The molecule has 1 unspecified atom stereocenters. The van der Waals surface area contributed by atoms with Gasteiger partial charge >= 0.3 is 0 Å². The quantitative estimate of drug-likeness (QED) is 0.1000. The summed E-state index contributed by atoms with van der Waals surface area (Å²) in [5, 5.41) is 6.92. The van der Waals surface area contributed by atoms with Crippen LogP contribution in [0.4, 0.5) is 5.69 Å². The number of rotatable bonds is 6. The summed E-state index contributed by atoms with van der Waals surface area (Å²) in [5.74, 6) is 1.62. The van der Waals surface area contributed by atoms with Gasteiger partial charge in [-0.1, -0.05) is 115 Å². The molecule has 0 radical (unpaired) electrons. The number of fused-ring (bicyclic) bond motifs is 8. The van der Waals surface area contributed by atoms with Crippen molar-refractivity contribution in [1.29, 1.82) is 0 Å². The topological polar surface area (TPSA) is 30.9 Å². The average molecular weight is 670 g/mol. The van der Waals surface area contributed by atoms with Crippen molar-refractivity contribution in [3.8, 4) is 11.5 Å². The summed E-state index contributed by atoms with van der Waals surface area (Å²) in [5.41, 5.74) is 5.28. The summed E-state index contributed by atoms with van der Waals surface area (Å²) in [6.07, 6.45) is 4.43. The van der Waals surface area contributed by atoms with Gasteiger partial charge in [-0.05, 0) is 75.0 Å². The van der Waals surface area contributed by atoms with E-state index in [1.54, 1.807) is 7.11 Å². The molecule has 2 aliphatic rings. The van der Waals surface area contributed by atoms with Gasteiger partial charge in [-0.25, -0.2) is 0 Å². The predicted octanol–water partition coefficient (Wildman–Crippen LogP) is 10.1. The summed E-state index contributed by atoms with van der Waals surface area (Å²) in [6.45, 7) is 3.24. The standard InChI is InChI=1S/C45H35NO3S/c1-47-34-21-17-32(18-22-34)45(31-15-19-33(20-16-31)46-25-27-48-28-26-46)24-23-39-41(44(50)30-9-3-2-4-10-30)29-40-37-13-6-5-11-35(37)36-12-7-8-14-38(36)42(40)43(39)49-45/h2-24,29H,25-28H2,1H3. The van der Waals surface area contributed by atoms with Crippen LogP contribution in [0.5, 0.6) is 11.5 Å². The van der Waals surface area contributed by atoms with Crippen molar-refractivity contribution in [1.82, 2.24) is 0 Å². The summed E-state index contributed by atoms with van der Waals surface area (Å²) in [4.78, 5) is 3.17. The Hall–Kier alpha value is -5.49. The molecule has 7 aromatic carbocycles. The molecular formula is C45H35NO3S. The van der Waals surface area contributed by atoms with Crippen LogP contribution in [0.1, 0.15) is 27.8 Å². The molecule has 2 heterocycles. The number of thiocarbonyl (C=S) groups is 1. The Labute approximate surface area is 297 Å². The average Bonchev–Trinajstić information content (AvgIpc) is 3.20. The van der Waals surface area contributed by atoms with Crippen LogP contribution in [0.2, 0.25) is 0 Å². The molecule has 0 aliphatic carbocycles. The van der Waals surface area contributed by atoms with Crippen LogP contribution < -0.4 is 14.4 Å². The lowest BCUT2D eigenvalue weighted by atomic mass is 9.81. The number of hydrogen-bond donors (Lipinski definition) is 0. The van der Waals surface area contributed by atoms with Gasteiger partial charge in [0.25, 0.3) is 0 Å². The van der Waals surface area contributed by atoms with E-state index in [9.17, 15) is 0 Å². The van der Waals surface area contributed by atoms with E-state index in [2.05, 4.69) is 120 Å². The van der Waals surface area contributed by atoms with E-state index >= 15 is 0 Å². The lowest BCUT2D eigenvalue weighted by Crippen LogP contribution is -2.37. The van der Waals surface area contributed by atoms with Crippen molar-refractivity contribution >= 4 is 61.2 Å². The number of nitrogens with zero attached hydrogens (tertiary/aromatic N) is 1. The van der Waals surface area contributed by atoms with E-state index < -0.39 is 5.60 Å². The van der Waals surface area contributed by atoms with Gasteiger partial charge in [0.05, 0.1) is 25.2 Å². The van der Waals surface area contributed by atoms with E-state index in [1.165, 1.54) is 21.8 Å². The highest BCUT2D eigenvalue weighted by Crippen LogP contribution is 2.50. The number of ether oxygens (including phenoxy) is 3. The minimum atomic E-state index is -0.921. The maximum absolute atomic E-state index is 7.63. The summed E-state index contributed by atoms with van der Waals surface area (Å²) < 4.78 is 18.8. The summed E-state index contributed by atoms with van der Waals surface area (Å²) in [6, 6.07) is 46.9. The highest BCUT2D eigenvalue weighted by Gasteiger charge is 2.39. The van der Waals surface area contributed by atoms with Gasteiger partial charge in [0.2, 0.25) is 0 Å². The van der Waals surface area contributed by atoms with Crippen molar-refractivity contribution in [2.45, 2.75) is 5.60 Å². The molecule has 0 bridgehead atoms. The van der Waals surface area contributed by atoms with Crippen LogP contribution in [-0.4, -0.2) is 38.3 Å². The number of methoxy groups -OCH3 is 1. The second-order valence-electron chi connectivity index (χ2n) is 12.9. The van der Waals surface area contributed by atoms with Gasteiger partial charge in [-0.3, -0.25) is 0 Å². The maximum atomic E-state index is 7.63. The molecule has 244 valence electrons. The third kappa shape index (κ3) is 4.96. The third-order valence-electron chi connectivity index (χ3n) is 10.2. The summed E-state index contributed by atoms with van der Waals surface area (Å²) in [7, 11) is 1.70. The van der Waals surface area contributed by atoms with Crippen molar-refractivity contribution in [2.24, 2.45) is 0 Å². The molecule has 1 atom stereocenters. The minimum Gasteiger partial charge on any atom is -0.497 e. The fraction of sp³-hybridized carbons (Fsp3) is 0.133. The van der Waals surface area contributed by atoms with Crippen LogP contribution in [0, 0.1) is 0 Å². The molecular weight excluding hydrogens is 635 g/mol. The third-order valence-corrected chi connectivity index (χ3v) is 10.7. The fourth-order valence-corrected chi connectivity index (χ4v) is 8.00. The van der Waals surface area contributed by atoms with Crippen molar-refractivity contribution in [2.75, 3.05) is 38.3 Å². The first-order chi connectivity index (χ1) is 24.6. The van der Waals surface area contributed by atoms with Crippen LogP contribution in [0.3, 0.4) is 0 Å². The maximum Gasteiger partial charge on any atom is 0.178 e. The van der Waals surface area contributed by atoms with Gasteiger partial charge in [-0.15, -0.1) is 0 Å². The second-order valence-corrected chi connectivity index (χ2v) is 13.3. The largest absolute Gasteiger partial charge is 0.497 e. The molecule has 1 saturated heterocycles. The SMILES string of the molecule is COc1ccc(C2(c3ccc(N4CCOCC4)cc3)C=Cc3c(C(=S)c4ccccc4)cc4c5ccccc5c5ccccc5c4c3O2)cc1. The minimum absolute atomic E-state index is 0.739. The second kappa shape index (κ2) is 12.4. The zero-order valence-corrected chi connectivity index (χ0v) is 28.6. The van der Waals surface area contributed by atoms with Crippen LogP contribution in [-0.2, 0) is 10.3 Å². The van der Waals surface area contributed by atoms with Gasteiger partial charge in [0.1, 0.15) is 11.5 Å². The fourth-order valence-electron chi connectivity index (χ4n) is 7.70. The lowest BCUT2D eigenvalue weighted by molar-refractivity contribution is 0.122. The summed E-state index contributed by atoms with van der Waals surface area (Å²) >= 11 is 6.29. The van der Waals surface area contributed by atoms with Crippen LogP contribution >= 0.6 is 12.2 Å². The molecule has 0 N–H and O–H groups in total. The van der Waals surface area contributed by atoms with E-state index in [1.807, 2.05) is 30.3 Å². The van der Waals surface area contributed by atoms with E-state index in [-0.39, 0.29) is 0 Å². The molecule has 4 nitrogen and oxygen atoms in total. The Morgan fingerprint density at radius 1 is 0.680 bits per heavy atom. The van der Waals surface area contributed by atoms with E-state index in [0.717, 1.165) is 86.6 Å². The molecule has 0 saturated carbocycles. The van der Waals surface area contributed by atoms with Crippen molar-refractivity contribution < 1.29 is 14.2 Å². The van der Waals surface area contributed by atoms with E-state index in [0.29, 0.717) is 0 Å². The van der Waals surface area contributed by atoms with Gasteiger partial charge in [-0.2, -0.15) is 0 Å². The number of hydrogen-bond acceptors (Lipinski definition) is 5. The predicted molar refractivity (Wildman–Crippen MR) is 209 cm³/mol. The molecule has 2 aliphatic heterocycles. The first kappa shape index (κ1) is 30.6. The van der Waals surface area contributed by atoms with Crippen molar-refractivity contribution in [3.05, 3.63) is 167 Å². The molecule has 5 heteroatoms. The Bertz CT molecular complexity index is 2430. The molecule has 0 amide bonds. The highest BCUT2D eigenvalue weighted by molar-refractivity contribution is 7.81. The Balaban J connectivity index is 1.33. The number of morpholine rings is 1. The normalized spacial score (nSPS) is 17.1. The van der Waals surface area contributed by atoms with Crippen LogP contribution in [0.25, 0.3) is 38.4 Å². The van der Waals surface area contributed by atoms with Gasteiger partial charge < -0.3 is 19.1 Å². The molecule has 0 spiro atoms.